The Kier molecular flexibility index (Phi) is 9.65. The Morgan fingerprint density at radius 2 is 0.841 bits per heavy atom. The Bertz CT molecular complexity index is 1050. The van der Waals surface area contributed by atoms with Crippen molar-refractivity contribution in [2.75, 3.05) is 0 Å². The molecule has 0 radical (unpaired) electrons. The quantitative estimate of drug-likeness (QED) is 0.301. The third-order valence-corrected chi connectivity index (χ3v) is 11.3. The summed E-state index contributed by atoms with van der Waals surface area (Å²) in [6, 6.07) is 8.22. The molecule has 0 N–H and O–H groups in total. The summed E-state index contributed by atoms with van der Waals surface area (Å²) < 4.78 is 12.5. The average molecular weight is 609 g/mol. The Balaban J connectivity index is 1.26. The number of nitrogens with zero attached hydrogens (tertiary/aromatic N) is 2. The highest BCUT2D eigenvalue weighted by molar-refractivity contribution is 6.03. The van der Waals surface area contributed by atoms with Crippen LogP contribution in [0.3, 0.4) is 0 Å². The van der Waals surface area contributed by atoms with Crippen molar-refractivity contribution in [2.24, 2.45) is 0 Å². The molecule has 0 atom stereocenters. The van der Waals surface area contributed by atoms with Crippen LogP contribution in [0.15, 0.2) is 24.3 Å². The van der Waals surface area contributed by atoms with Gasteiger partial charge in [0.05, 0.1) is 11.1 Å². The summed E-state index contributed by atoms with van der Waals surface area (Å²) in [6.45, 7) is 18.4. The molecule has 1 aromatic carbocycles. The second kappa shape index (κ2) is 12.7. The average Bonchev–Trinajstić information content (AvgIpc) is 2.91. The lowest BCUT2D eigenvalue weighted by Crippen LogP contribution is -2.65. The number of benzene rings is 1. The van der Waals surface area contributed by atoms with Gasteiger partial charge in [-0.15, -0.1) is 0 Å². The van der Waals surface area contributed by atoms with Gasteiger partial charge in [-0.25, -0.2) is 9.59 Å². The number of ether oxygens (including phenoxy) is 2. The molecular formula is C38H60N2O4. The fourth-order valence-corrected chi connectivity index (χ4v) is 10.5. The van der Waals surface area contributed by atoms with Crippen LogP contribution >= 0.6 is 0 Å². The van der Waals surface area contributed by atoms with E-state index in [1.165, 1.54) is 64.2 Å². The van der Waals surface area contributed by atoms with Crippen molar-refractivity contribution in [1.82, 2.24) is 9.80 Å². The van der Waals surface area contributed by atoms with E-state index in [1.807, 2.05) is 12.1 Å². The smallest absolute Gasteiger partial charge is 0.339 e. The summed E-state index contributed by atoms with van der Waals surface area (Å²) in [6.07, 6.45) is 15.6. The largest absolute Gasteiger partial charge is 0.459 e. The molecule has 2 heterocycles. The van der Waals surface area contributed by atoms with E-state index in [1.54, 1.807) is 12.1 Å². The van der Waals surface area contributed by atoms with E-state index < -0.39 is 11.9 Å². The molecule has 0 unspecified atom stereocenters. The molecule has 44 heavy (non-hydrogen) atoms. The molecule has 0 spiro atoms. The number of piperidine rings is 2. The molecule has 0 bridgehead atoms. The zero-order valence-corrected chi connectivity index (χ0v) is 29.0. The van der Waals surface area contributed by atoms with Gasteiger partial charge in [-0.2, -0.15) is 0 Å². The van der Waals surface area contributed by atoms with Gasteiger partial charge in [0.2, 0.25) is 0 Å². The zero-order chi connectivity index (χ0) is 31.9. The van der Waals surface area contributed by atoms with E-state index in [0.29, 0.717) is 23.2 Å². The number of esters is 2. The van der Waals surface area contributed by atoms with Crippen molar-refractivity contribution in [2.45, 2.75) is 192 Å². The summed E-state index contributed by atoms with van der Waals surface area (Å²) >= 11 is 0. The van der Waals surface area contributed by atoms with Gasteiger partial charge in [0, 0.05) is 59.9 Å². The Labute approximate surface area is 267 Å². The molecule has 2 aliphatic carbocycles. The highest BCUT2D eigenvalue weighted by Crippen LogP contribution is 2.45. The van der Waals surface area contributed by atoms with Crippen LogP contribution in [0.1, 0.15) is 166 Å². The van der Waals surface area contributed by atoms with Gasteiger partial charge in [-0.1, -0.05) is 50.7 Å². The number of carbonyl (C=O) groups excluding carboxylic acids is 2. The Morgan fingerprint density at radius 1 is 0.545 bits per heavy atom. The lowest BCUT2D eigenvalue weighted by molar-refractivity contribution is -0.116. The number of hydrogen-bond donors (Lipinski definition) is 0. The van der Waals surface area contributed by atoms with Crippen LogP contribution in [0.5, 0.6) is 0 Å². The number of likely N-dealkylation sites (tertiary alicyclic amines) is 2. The van der Waals surface area contributed by atoms with Gasteiger partial charge in [-0.05, 0) is 93.2 Å². The van der Waals surface area contributed by atoms with Gasteiger partial charge in [0.25, 0.3) is 0 Å². The Hall–Kier alpha value is -1.92. The molecule has 4 fully saturated rings. The first-order chi connectivity index (χ1) is 20.6. The molecule has 1 aromatic rings. The van der Waals surface area contributed by atoms with E-state index in [-0.39, 0.29) is 34.4 Å². The van der Waals surface area contributed by atoms with E-state index in [4.69, 9.17) is 9.47 Å². The summed E-state index contributed by atoms with van der Waals surface area (Å²) in [4.78, 5) is 32.9. The SMILES string of the molecule is CC1(C)CC(OC(=O)c2ccccc2C(=O)OC2CC(C)(C)N(C3CCCCC3)C(C)(C)C2)CC(C)(C)N1C1CCCCC1. The third-order valence-electron chi connectivity index (χ3n) is 11.3. The maximum Gasteiger partial charge on any atom is 0.339 e. The first-order valence-corrected chi connectivity index (χ1v) is 17.7. The van der Waals surface area contributed by atoms with Gasteiger partial charge in [-0.3, -0.25) is 9.80 Å². The molecule has 5 rings (SSSR count). The predicted molar refractivity (Wildman–Crippen MR) is 177 cm³/mol. The lowest BCUT2D eigenvalue weighted by Gasteiger charge is -2.58. The molecule has 246 valence electrons. The van der Waals surface area contributed by atoms with Crippen LogP contribution in [-0.2, 0) is 9.47 Å². The van der Waals surface area contributed by atoms with Crippen LogP contribution < -0.4 is 0 Å². The van der Waals surface area contributed by atoms with Gasteiger partial charge in [0.1, 0.15) is 12.2 Å². The minimum absolute atomic E-state index is 0.0841. The van der Waals surface area contributed by atoms with Gasteiger partial charge < -0.3 is 9.47 Å². The molecular weight excluding hydrogens is 548 g/mol. The van der Waals surface area contributed by atoms with Crippen LogP contribution in [0, 0.1) is 0 Å². The maximum absolute atomic E-state index is 13.7. The molecule has 6 heteroatoms. The van der Waals surface area contributed by atoms with Crippen LogP contribution in [0.4, 0.5) is 0 Å². The van der Waals surface area contributed by atoms with Gasteiger partial charge >= 0.3 is 11.9 Å². The lowest BCUT2D eigenvalue weighted by atomic mass is 9.75. The summed E-state index contributed by atoms with van der Waals surface area (Å²) in [7, 11) is 0. The third kappa shape index (κ3) is 7.07. The van der Waals surface area contributed by atoms with Crippen LogP contribution in [-0.4, -0.2) is 68.2 Å². The molecule has 2 saturated heterocycles. The molecule has 4 aliphatic rings. The summed E-state index contributed by atoms with van der Waals surface area (Å²) in [5.74, 6) is -0.846. The van der Waals surface area contributed by atoms with Crippen LogP contribution in [0.25, 0.3) is 0 Å². The van der Waals surface area contributed by atoms with Crippen molar-refractivity contribution in [3.63, 3.8) is 0 Å². The number of hydrogen-bond acceptors (Lipinski definition) is 6. The molecule has 2 saturated carbocycles. The summed E-state index contributed by atoms with van der Waals surface area (Å²) in [5.41, 5.74) is 0.277. The van der Waals surface area contributed by atoms with Crippen molar-refractivity contribution in [3.8, 4) is 0 Å². The maximum atomic E-state index is 13.7. The van der Waals surface area contributed by atoms with Crippen molar-refractivity contribution in [3.05, 3.63) is 35.4 Å². The second-order valence-corrected chi connectivity index (χ2v) is 17.0. The van der Waals surface area contributed by atoms with Crippen LogP contribution in [0.2, 0.25) is 0 Å². The highest BCUT2D eigenvalue weighted by atomic mass is 16.6. The van der Waals surface area contributed by atoms with Crippen molar-refractivity contribution >= 4 is 11.9 Å². The van der Waals surface area contributed by atoms with E-state index in [9.17, 15) is 9.59 Å². The van der Waals surface area contributed by atoms with E-state index >= 15 is 0 Å². The predicted octanol–water partition coefficient (Wildman–Crippen LogP) is 8.71. The molecule has 0 aromatic heterocycles. The van der Waals surface area contributed by atoms with Crippen molar-refractivity contribution < 1.29 is 19.1 Å². The number of carbonyl (C=O) groups is 2. The molecule has 0 amide bonds. The zero-order valence-electron chi connectivity index (χ0n) is 29.0. The normalized spacial score (nSPS) is 27.1. The Morgan fingerprint density at radius 3 is 1.14 bits per heavy atom. The minimum atomic E-state index is -0.423. The van der Waals surface area contributed by atoms with Gasteiger partial charge in [0.15, 0.2) is 0 Å². The minimum Gasteiger partial charge on any atom is -0.459 e. The van der Waals surface area contributed by atoms with E-state index in [2.05, 4.69) is 65.2 Å². The first kappa shape index (κ1) is 33.4. The van der Waals surface area contributed by atoms with Crippen molar-refractivity contribution in [1.29, 1.82) is 0 Å². The monoisotopic (exact) mass is 608 g/mol. The first-order valence-electron chi connectivity index (χ1n) is 17.7. The summed E-state index contributed by atoms with van der Waals surface area (Å²) in [5, 5.41) is 0. The fraction of sp³-hybridized carbons (Fsp3) is 0.789. The molecule has 6 nitrogen and oxygen atoms in total. The number of rotatable bonds is 6. The molecule has 2 aliphatic heterocycles. The second-order valence-electron chi connectivity index (χ2n) is 17.0. The fourth-order valence-electron chi connectivity index (χ4n) is 10.5. The highest BCUT2D eigenvalue weighted by Gasteiger charge is 2.51. The topological polar surface area (TPSA) is 59.1 Å². The van der Waals surface area contributed by atoms with E-state index in [0.717, 1.165) is 25.7 Å². The standard InChI is InChI=1S/C38H60N2O4/c1-35(2)23-29(24-36(3,4)39(35)27-17-11-9-12-18-27)43-33(41)31-21-15-16-22-32(31)34(42)44-30-25-37(5,6)40(38(7,8)26-30)28-19-13-10-14-20-28/h15-16,21-22,27-30H,9-14,17-20,23-26H2,1-8H3.